The molecule has 5 rings (SSSR count). The van der Waals surface area contributed by atoms with Gasteiger partial charge < -0.3 is 14.0 Å². The van der Waals surface area contributed by atoms with Gasteiger partial charge in [-0.1, -0.05) is 54.9 Å². The molecular weight excluding hydrogens is 468 g/mol. The van der Waals surface area contributed by atoms with E-state index < -0.39 is 0 Å². The largest absolute Gasteiger partial charge is 0.497 e. The van der Waals surface area contributed by atoms with E-state index in [1.165, 1.54) is 21.9 Å². The second kappa shape index (κ2) is 10.6. The van der Waals surface area contributed by atoms with E-state index in [-0.39, 0.29) is 5.92 Å². The lowest BCUT2D eigenvalue weighted by Crippen LogP contribution is -2.09. The van der Waals surface area contributed by atoms with Crippen LogP contribution >= 0.6 is 11.6 Å². The first-order valence-electron chi connectivity index (χ1n) is 12.5. The van der Waals surface area contributed by atoms with Crippen LogP contribution in [0.15, 0.2) is 78.9 Å². The normalized spacial score (nSPS) is 12.2. The number of aromatic nitrogens is 2. The van der Waals surface area contributed by atoms with E-state index in [0.717, 1.165) is 52.8 Å². The summed E-state index contributed by atoms with van der Waals surface area (Å²) in [5, 5.41) is 3.15. The maximum Gasteiger partial charge on any atom is 0.119 e. The predicted molar refractivity (Wildman–Crippen MR) is 149 cm³/mol. The highest BCUT2D eigenvalue weighted by Crippen LogP contribution is 2.31. The Morgan fingerprint density at radius 1 is 0.889 bits per heavy atom. The Morgan fingerprint density at radius 3 is 2.50 bits per heavy atom. The summed E-state index contributed by atoms with van der Waals surface area (Å²) in [6.45, 7) is 5.81. The van der Waals surface area contributed by atoms with Crippen molar-refractivity contribution in [3.8, 4) is 11.5 Å². The summed E-state index contributed by atoms with van der Waals surface area (Å²) >= 11 is 6.13. The van der Waals surface area contributed by atoms with E-state index in [1.54, 1.807) is 7.11 Å². The maximum absolute atomic E-state index is 6.13. The van der Waals surface area contributed by atoms with Crippen molar-refractivity contribution in [3.63, 3.8) is 0 Å². The maximum atomic E-state index is 6.13. The number of fused-ring (bicyclic) bond motifs is 2. The number of rotatable bonds is 9. The zero-order valence-electron chi connectivity index (χ0n) is 21.0. The minimum Gasteiger partial charge on any atom is -0.497 e. The summed E-state index contributed by atoms with van der Waals surface area (Å²) in [5.41, 5.74) is 4.51. The molecule has 4 nitrogen and oxygen atoms in total. The average Bonchev–Trinajstić information content (AvgIpc) is 3.28. The Morgan fingerprint density at radius 2 is 1.67 bits per heavy atom. The van der Waals surface area contributed by atoms with E-state index >= 15 is 0 Å². The molecule has 1 heterocycles. The average molecular weight is 499 g/mol. The van der Waals surface area contributed by atoms with Crippen LogP contribution in [-0.2, 0) is 6.54 Å². The van der Waals surface area contributed by atoms with Gasteiger partial charge in [0.25, 0.3) is 0 Å². The lowest BCUT2D eigenvalue weighted by molar-refractivity contribution is 0.303. The Balaban J connectivity index is 1.33. The van der Waals surface area contributed by atoms with Gasteiger partial charge in [0.2, 0.25) is 0 Å². The first kappa shape index (κ1) is 24.2. The number of para-hydroxylation sites is 2. The van der Waals surface area contributed by atoms with Crippen molar-refractivity contribution in [1.82, 2.24) is 9.55 Å². The van der Waals surface area contributed by atoms with Crippen LogP contribution < -0.4 is 9.47 Å². The van der Waals surface area contributed by atoms with Crippen molar-refractivity contribution in [3.05, 3.63) is 101 Å². The molecule has 0 saturated carbocycles. The monoisotopic (exact) mass is 498 g/mol. The van der Waals surface area contributed by atoms with E-state index in [4.69, 9.17) is 26.1 Å². The second-order valence-electron chi connectivity index (χ2n) is 9.27. The zero-order chi connectivity index (χ0) is 25.1. The van der Waals surface area contributed by atoms with Gasteiger partial charge in [0.1, 0.15) is 17.3 Å². The molecule has 0 radical (unpaired) electrons. The quantitative estimate of drug-likeness (QED) is 0.192. The van der Waals surface area contributed by atoms with Gasteiger partial charge in [0.05, 0.1) is 24.8 Å². The summed E-state index contributed by atoms with van der Waals surface area (Å²) in [5.74, 6) is 3.00. The molecule has 4 aromatic carbocycles. The molecule has 0 aliphatic rings. The highest BCUT2D eigenvalue weighted by molar-refractivity contribution is 6.31. The van der Waals surface area contributed by atoms with Crippen LogP contribution in [0.2, 0.25) is 5.02 Å². The summed E-state index contributed by atoms with van der Waals surface area (Å²) in [4.78, 5) is 5.06. The molecule has 0 amide bonds. The number of ether oxygens (including phenoxy) is 2. The zero-order valence-corrected chi connectivity index (χ0v) is 21.8. The van der Waals surface area contributed by atoms with Crippen LogP contribution in [0, 0.1) is 6.92 Å². The molecule has 184 valence electrons. The second-order valence-corrected chi connectivity index (χ2v) is 9.68. The van der Waals surface area contributed by atoms with Gasteiger partial charge in [-0.25, -0.2) is 4.98 Å². The Hall–Kier alpha value is -3.50. The Kier molecular flexibility index (Phi) is 7.15. The lowest BCUT2D eigenvalue weighted by Gasteiger charge is -2.16. The number of nitrogens with zero attached hydrogens (tertiary/aromatic N) is 2. The van der Waals surface area contributed by atoms with Crippen LogP contribution in [0.1, 0.15) is 42.6 Å². The summed E-state index contributed by atoms with van der Waals surface area (Å²) in [6, 6.07) is 27.1. The number of aryl methyl sites for hydroxylation is 2. The number of hydrogen-bond donors (Lipinski definition) is 0. The van der Waals surface area contributed by atoms with Gasteiger partial charge in [-0.3, -0.25) is 0 Å². The highest BCUT2D eigenvalue weighted by atomic mass is 35.5. The van der Waals surface area contributed by atoms with Crippen molar-refractivity contribution >= 4 is 33.4 Å². The molecular formula is C31H31ClN2O2. The number of imidazole rings is 1. The molecule has 5 aromatic rings. The highest BCUT2D eigenvalue weighted by Gasteiger charge is 2.18. The van der Waals surface area contributed by atoms with Crippen molar-refractivity contribution in [1.29, 1.82) is 0 Å². The smallest absolute Gasteiger partial charge is 0.119 e. The third kappa shape index (κ3) is 5.05. The summed E-state index contributed by atoms with van der Waals surface area (Å²) < 4.78 is 13.7. The topological polar surface area (TPSA) is 36.3 Å². The minimum atomic E-state index is 0.164. The SMILES string of the molecule is COc1ccc2cc(C(C)c3nc4ccccc4n3CCCCOc3ccc(Cl)c(C)c3)ccc2c1. The molecule has 1 unspecified atom stereocenters. The third-order valence-corrected chi connectivity index (χ3v) is 7.24. The van der Waals surface area contributed by atoms with Gasteiger partial charge in [-0.2, -0.15) is 0 Å². The standard InChI is InChI=1S/C31H31ClN2O2/c1-21-18-27(14-15-28(21)32)36-17-7-6-16-34-30-9-5-4-8-29(30)33-31(34)22(2)23-10-11-25-20-26(35-3)13-12-24(25)19-23/h4-5,8-15,18-20,22H,6-7,16-17H2,1-3H3. The van der Waals surface area contributed by atoms with Crippen molar-refractivity contribution in [2.24, 2.45) is 0 Å². The molecule has 0 fully saturated rings. The first-order valence-corrected chi connectivity index (χ1v) is 12.8. The van der Waals surface area contributed by atoms with Gasteiger partial charge in [-0.15, -0.1) is 0 Å². The van der Waals surface area contributed by atoms with Crippen molar-refractivity contribution in [2.45, 2.75) is 39.2 Å². The van der Waals surface area contributed by atoms with Crippen LogP contribution in [-0.4, -0.2) is 23.3 Å². The van der Waals surface area contributed by atoms with Gasteiger partial charge in [0, 0.05) is 17.5 Å². The molecule has 0 N–H and O–H groups in total. The van der Waals surface area contributed by atoms with Crippen LogP contribution in [0.3, 0.4) is 0 Å². The molecule has 36 heavy (non-hydrogen) atoms. The van der Waals surface area contributed by atoms with E-state index in [1.807, 2.05) is 31.2 Å². The van der Waals surface area contributed by atoms with Gasteiger partial charge in [-0.05, 0) is 84.1 Å². The molecule has 1 atom stereocenters. The Labute approximate surface area is 217 Å². The molecule has 0 aliphatic heterocycles. The fourth-order valence-electron chi connectivity index (χ4n) is 4.72. The summed E-state index contributed by atoms with van der Waals surface area (Å²) in [7, 11) is 1.70. The molecule has 5 heteroatoms. The number of unbranched alkanes of at least 4 members (excludes halogenated alkanes) is 1. The van der Waals surface area contributed by atoms with E-state index in [9.17, 15) is 0 Å². The third-order valence-electron chi connectivity index (χ3n) is 6.82. The van der Waals surface area contributed by atoms with Crippen molar-refractivity contribution < 1.29 is 9.47 Å². The molecule has 0 aliphatic carbocycles. The van der Waals surface area contributed by atoms with E-state index in [2.05, 4.69) is 66.1 Å². The molecule has 0 spiro atoms. The Bertz CT molecular complexity index is 1510. The molecule has 0 bridgehead atoms. The molecule has 1 aromatic heterocycles. The fraction of sp³-hybridized carbons (Fsp3) is 0.258. The van der Waals surface area contributed by atoms with Crippen LogP contribution in [0.5, 0.6) is 11.5 Å². The van der Waals surface area contributed by atoms with Crippen LogP contribution in [0.4, 0.5) is 0 Å². The predicted octanol–water partition coefficient (Wildman–Crippen LogP) is 8.17. The first-order chi connectivity index (χ1) is 17.5. The molecule has 0 saturated heterocycles. The van der Waals surface area contributed by atoms with E-state index in [0.29, 0.717) is 6.61 Å². The number of methoxy groups -OCH3 is 1. The van der Waals surface area contributed by atoms with Crippen molar-refractivity contribution in [2.75, 3.05) is 13.7 Å². The van der Waals surface area contributed by atoms with Gasteiger partial charge in [0.15, 0.2) is 0 Å². The van der Waals surface area contributed by atoms with Crippen LogP contribution in [0.25, 0.3) is 21.8 Å². The lowest BCUT2D eigenvalue weighted by atomic mass is 9.97. The number of hydrogen-bond acceptors (Lipinski definition) is 3. The number of halogens is 1. The summed E-state index contributed by atoms with van der Waals surface area (Å²) in [6.07, 6.45) is 1.96. The fourth-order valence-corrected chi connectivity index (χ4v) is 4.83. The minimum absolute atomic E-state index is 0.164. The number of benzene rings is 4. The van der Waals surface area contributed by atoms with Gasteiger partial charge >= 0.3 is 0 Å².